The number of aliphatic hydroxyl groups is 1. The molecule has 3 aromatic rings. The van der Waals surface area contributed by atoms with Gasteiger partial charge in [-0.2, -0.15) is 38.4 Å². The average molecular weight is 528 g/mol. The number of ether oxygens (including phenoxy) is 1. The van der Waals surface area contributed by atoms with Crippen molar-refractivity contribution in [3.05, 3.63) is 35.8 Å². The molecule has 0 atom stereocenters. The van der Waals surface area contributed by atoms with Crippen LogP contribution in [0.3, 0.4) is 0 Å². The Hall–Kier alpha value is -4.20. The summed E-state index contributed by atoms with van der Waals surface area (Å²) < 4.78 is 35.4. The molecule has 16 heteroatoms. The highest BCUT2D eigenvalue weighted by atomic mass is 32.2. The summed E-state index contributed by atoms with van der Waals surface area (Å²) in [6, 6.07) is 7.08. The molecule has 1 aliphatic rings. The Bertz CT molecular complexity index is 1420. The lowest BCUT2D eigenvalue weighted by Crippen LogP contribution is -2.30. The number of anilines is 2. The summed E-state index contributed by atoms with van der Waals surface area (Å²) in [5, 5.41) is 31.6. The van der Waals surface area contributed by atoms with E-state index in [0.29, 0.717) is 0 Å². The van der Waals surface area contributed by atoms with Gasteiger partial charge < -0.3 is 14.7 Å². The predicted molar refractivity (Wildman–Crippen MR) is 132 cm³/mol. The summed E-state index contributed by atoms with van der Waals surface area (Å²) in [5.74, 6) is -0.0408. The molecule has 194 valence electrons. The molecule has 1 aliphatic heterocycles. The van der Waals surface area contributed by atoms with Crippen molar-refractivity contribution < 1.29 is 18.3 Å². The van der Waals surface area contributed by atoms with Crippen molar-refractivity contribution in [1.82, 2.24) is 29.5 Å². The van der Waals surface area contributed by atoms with Crippen molar-refractivity contribution in [2.45, 2.75) is 25.9 Å². The zero-order chi connectivity index (χ0) is 26.4. The number of hydrogen-bond acceptors (Lipinski definition) is 12. The van der Waals surface area contributed by atoms with Crippen molar-refractivity contribution in [2.75, 3.05) is 36.9 Å². The van der Waals surface area contributed by atoms with E-state index in [1.165, 1.54) is 20.4 Å². The number of rotatable bonds is 9. The van der Waals surface area contributed by atoms with E-state index in [2.05, 4.69) is 44.6 Å². The van der Waals surface area contributed by atoms with Crippen LogP contribution < -0.4 is 19.1 Å². The second-order valence-corrected chi connectivity index (χ2v) is 9.48. The average Bonchev–Trinajstić information content (AvgIpc) is 3.35. The maximum atomic E-state index is 12.3. The number of piperidine rings is 1. The third-order valence-corrected chi connectivity index (χ3v) is 6.52. The fraction of sp³-hybridized carbons (Fsp3) is 0.381. The minimum atomic E-state index is -3.85. The predicted octanol–water partition coefficient (Wildman–Crippen LogP) is 1.71. The van der Waals surface area contributed by atoms with Crippen LogP contribution >= 0.6 is 0 Å². The van der Waals surface area contributed by atoms with Gasteiger partial charge in [0.2, 0.25) is 0 Å². The SMILES string of the molecule is CNS(=O)(=O)Nc1cc(N2CCCCC2)ccc1/N=N/c1c(C#N)cnn1-c1nc(CO)nc(OC)n1. The molecule has 1 saturated heterocycles. The molecule has 1 fully saturated rings. The number of nitrogens with one attached hydrogen (secondary N) is 2. The van der Waals surface area contributed by atoms with Crippen LogP contribution in [0, 0.1) is 11.3 Å². The van der Waals surface area contributed by atoms with Crippen LogP contribution in [0.2, 0.25) is 0 Å². The molecule has 0 radical (unpaired) electrons. The molecule has 0 saturated carbocycles. The van der Waals surface area contributed by atoms with E-state index in [9.17, 15) is 18.8 Å². The second kappa shape index (κ2) is 11.2. The Morgan fingerprint density at radius 1 is 1.19 bits per heavy atom. The highest BCUT2D eigenvalue weighted by Gasteiger charge is 2.19. The first-order valence-corrected chi connectivity index (χ1v) is 12.8. The van der Waals surface area contributed by atoms with E-state index in [-0.39, 0.29) is 40.5 Å². The highest BCUT2D eigenvalue weighted by molar-refractivity contribution is 7.90. The Kier molecular flexibility index (Phi) is 7.86. The van der Waals surface area contributed by atoms with Gasteiger partial charge in [-0.1, -0.05) is 0 Å². The monoisotopic (exact) mass is 527 g/mol. The lowest BCUT2D eigenvalue weighted by molar-refractivity contribution is 0.266. The molecular weight excluding hydrogens is 502 g/mol. The number of nitrogens with zero attached hydrogens (tertiary/aromatic N) is 9. The normalized spacial score (nSPS) is 14.1. The lowest BCUT2D eigenvalue weighted by atomic mass is 10.1. The first-order valence-electron chi connectivity index (χ1n) is 11.3. The summed E-state index contributed by atoms with van der Waals surface area (Å²) in [5.41, 5.74) is 1.33. The summed E-state index contributed by atoms with van der Waals surface area (Å²) >= 11 is 0. The fourth-order valence-electron chi connectivity index (χ4n) is 3.65. The van der Waals surface area contributed by atoms with Crippen molar-refractivity contribution in [1.29, 1.82) is 5.26 Å². The van der Waals surface area contributed by atoms with Gasteiger partial charge in [0.25, 0.3) is 16.2 Å². The van der Waals surface area contributed by atoms with Crippen LogP contribution in [0.25, 0.3) is 5.95 Å². The molecule has 3 heterocycles. The maximum absolute atomic E-state index is 12.3. The smallest absolute Gasteiger partial charge is 0.321 e. The molecule has 15 nitrogen and oxygen atoms in total. The first kappa shape index (κ1) is 25.9. The molecule has 1 aromatic carbocycles. The van der Waals surface area contributed by atoms with Gasteiger partial charge in [0.15, 0.2) is 11.6 Å². The van der Waals surface area contributed by atoms with Crippen LogP contribution in [0.5, 0.6) is 6.01 Å². The van der Waals surface area contributed by atoms with Crippen LogP contribution in [-0.2, 0) is 16.8 Å². The van der Waals surface area contributed by atoms with Crippen molar-refractivity contribution >= 4 is 33.1 Å². The molecular formula is C21H25N11O4S. The third kappa shape index (κ3) is 5.97. The summed E-state index contributed by atoms with van der Waals surface area (Å²) in [6.45, 7) is 1.26. The summed E-state index contributed by atoms with van der Waals surface area (Å²) in [7, 11) is -1.20. The largest absolute Gasteiger partial charge is 0.467 e. The minimum absolute atomic E-state index is 0.0119. The Morgan fingerprint density at radius 3 is 2.65 bits per heavy atom. The number of aromatic nitrogens is 5. The van der Waals surface area contributed by atoms with Crippen LogP contribution in [0.1, 0.15) is 30.7 Å². The van der Waals surface area contributed by atoms with Gasteiger partial charge in [-0.3, -0.25) is 4.72 Å². The Labute approximate surface area is 213 Å². The molecule has 0 spiro atoms. The van der Waals surface area contributed by atoms with E-state index in [4.69, 9.17) is 4.74 Å². The molecule has 0 unspecified atom stereocenters. The zero-order valence-electron chi connectivity index (χ0n) is 20.2. The van der Waals surface area contributed by atoms with E-state index in [1.807, 2.05) is 12.1 Å². The van der Waals surface area contributed by atoms with Crippen LogP contribution in [0.15, 0.2) is 34.6 Å². The number of hydrogen-bond donors (Lipinski definition) is 3. The Balaban J connectivity index is 1.76. The number of nitriles is 1. The quantitative estimate of drug-likeness (QED) is 0.344. The summed E-state index contributed by atoms with van der Waals surface area (Å²) in [4.78, 5) is 14.3. The van der Waals surface area contributed by atoms with Crippen molar-refractivity contribution in [3.8, 4) is 18.0 Å². The van der Waals surface area contributed by atoms with Crippen LogP contribution in [0.4, 0.5) is 22.9 Å². The van der Waals surface area contributed by atoms with Gasteiger partial charge >= 0.3 is 6.01 Å². The highest BCUT2D eigenvalue weighted by Crippen LogP contribution is 2.34. The molecule has 37 heavy (non-hydrogen) atoms. The van der Waals surface area contributed by atoms with Crippen molar-refractivity contribution in [2.24, 2.45) is 10.2 Å². The minimum Gasteiger partial charge on any atom is -0.467 e. The number of methoxy groups -OCH3 is 1. The van der Waals surface area contributed by atoms with Gasteiger partial charge in [0.05, 0.1) is 19.0 Å². The van der Waals surface area contributed by atoms with E-state index >= 15 is 0 Å². The summed E-state index contributed by atoms with van der Waals surface area (Å²) in [6.07, 6.45) is 4.52. The van der Waals surface area contributed by atoms with Gasteiger partial charge in [-0.05, 0) is 37.5 Å². The van der Waals surface area contributed by atoms with E-state index in [1.54, 1.807) is 12.1 Å². The van der Waals surface area contributed by atoms with Crippen molar-refractivity contribution in [3.63, 3.8) is 0 Å². The Morgan fingerprint density at radius 2 is 1.97 bits per heavy atom. The second-order valence-electron chi connectivity index (χ2n) is 7.86. The molecule has 2 aromatic heterocycles. The topological polar surface area (TPSA) is 196 Å². The number of benzene rings is 1. The van der Waals surface area contributed by atoms with Gasteiger partial charge in [0.1, 0.15) is 23.9 Å². The van der Waals surface area contributed by atoms with E-state index in [0.717, 1.165) is 42.7 Å². The van der Waals surface area contributed by atoms with Gasteiger partial charge in [-0.15, -0.1) is 10.2 Å². The van der Waals surface area contributed by atoms with Crippen LogP contribution in [-0.4, -0.2) is 65.5 Å². The first-order chi connectivity index (χ1) is 17.9. The molecule has 0 bridgehead atoms. The zero-order valence-corrected chi connectivity index (χ0v) is 21.0. The number of azo groups is 1. The van der Waals surface area contributed by atoms with E-state index < -0.39 is 16.8 Å². The molecule has 4 rings (SSSR count). The fourth-order valence-corrected chi connectivity index (χ4v) is 4.20. The standard InChI is InChI=1S/C21H25N11O4S/c1-23-37(34,35)30-17-10-15(31-8-4-3-5-9-31)6-7-16(17)28-29-19-14(11-22)12-24-32(19)20-25-18(13-33)26-21(27-20)36-2/h6-7,10,12,23,30,33H,3-5,8-9,13H2,1-2H3/b29-28+. The molecule has 3 N–H and O–H groups in total. The van der Waals surface area contributed by atoms with Gasteiger partial charge in [0, 0.05) is 25.8 Å². The molecule has 0 aliphatic carbocycles. The maximum Gasteiger partial charge on any atom is 0.321 e. The lowest BCUT2D eigenvalue weighted by Gasteiger charge is -2.29. The molecule has 0 amide bonds. The number of aliphatic hydroxyl groups excluding tert-OH is 1. The third-order valence-electron chi connectivity index (χ3n) is 5.49. The van der Waals surface area contributed by atoms with Gasteiger partial charge in [-0.25, -0.2) is 4.72 Å².